The van der Waals surface area contributed by atoms with E-state index < -0.39 is 44.6 Å². The van der Waals surface area contributed by atoms with Gasteiger partial charge in [-0.3, -0.25) is 4.52 Å². The molecule has 10 nitrogen and oxygen atoms in total. The third-order valence-corrected chi connectivity index (χ3v) is 2.95. The van der Waals surface area contributed by atoms with Gasteiger partial charge >= 0.3 is 7.82 Å². The van der Waals surface area contributed by atoms with Gasteiger partial charge in [-0.05, 0) is 0 Å². The smallest absolute Gasteiger partial charge is 0.389 e. The molecule has 0 bridgehead atoms. The molecule has 1 aliphatic heterocycles. The molecule has 0 saturated carbocycles. The Labute approximate surface area is 102 Å². The molecule has 0 radical (unpaired) electrons. The fraction of sp³-hybridized carbons (Fsp3) is 1.00. The molecule has 0 aliphatic carbocycles. The first-order valence-electron chi connectivity index (χ1n) is 4.99. The summed E-state index contributed by atoms with van der Waals surface area (Å²) in [6, 6.07) is 0. The maximum Gasteiger partial charge on any atom is 0.472 e. The highest BCUT2D eigenvalue weighted by Gasteiger charge is 2.48. The van der Waals surface area contributed by atoms with Crippen molar-refractivity contribution in [2.75, 3.05) is 6.54 Å². The van der Waals surface area contributed by atoms with Crippen LogP contribution < -0.4 is 5.73 Å². The average Bonchev–Trinajstić information content (AvgIpc) is 2.27. The normalized spacial score (nSPS) is 39.6. The van der Waals surface area contributed by atoms with Crippen LogP contribution in [0, 0.1) is 0 Å². The summed E-state index contributed by atoms with van der Waals surface area (Å²) >= 11 is 0. The highest BCUT2D eigenvalue weighted by atomic mass is 31.2. The molecule has 0 aromatic rings. The van der Waals surface area contributed by atoms with Crippen molar-refractivity contribution in [2.24, 2.45) is 5.73 Å². The minimum Gasteiger partial charge on any atom is -0.389 e. The average molecular weight is 289 g/mol. The van der Waals surface area contributed by atoms with Crippen molar-refractivity contribution in [3.63, 3.8) is 0 Å². The molecule has 1 saturated heterocycles. The van der Waals surface area contributed by atoms with Gasteiger partial charge in [0, 0.05) is 6.54 Å². The van der Waals surface area contributed by atoms with Crippen LogP contribution >= 0.6 is 7.82 Å². The number of aliphatic hydroxyl groups excluding tert-OH is 4. The van der Waals surface area contributed by atoms with Crippen LogP contribution in [0.5, 0.6) is 0 Å². The summed E-state index contributed by atoms with van der Waals surface area (Å²) in [5.41, 5.74) is 5.14. The molecule has 11 heteroatoms. The van der Waals surface area contributed by atoms with Gasteiger partial charge in [-0.1, -0.05) is 0 Å². The summed E-state index contributed by atoms with van der Waals surface area (Å²) in [4.78, 5) is 17.2. The van der Waals surface area contributed by atoms with Gasteiger partial charge in [-0.15, -0.1) is 0 Å². The first-order valence-corrected chi connectivity index (χ1v) is 6.52. The van der Waals surface area contributed by atoms with E-state index in [1.165, 1.54) is 0 Å². The topological polar surface area (TPSA) is 183 Å². The molecule has 1 aliphatic rings. The van der Waals surface area contributed by atoms with Gasteiger partial charge in [0.2, 0.25) is 0 Å². The number of aliphatic hydroxyl groups is 4. The number of hydrogen-bond acceptors (Lipinski definition) is 8. The number of ether oxygens (including phenoxy) is 1. The van der Waals surface area contributed by atoms with Crippen LogP contribution in [0.3, 0.4) is 0 Å². The summed E-state index contributed by atoms with van der Waals surface area (Å²) < 4.78 is 19.5. The van der Waals surface area contributed by atoms with E-state index in [0.29, 0.717) is 0 Å². The highest BCUT2D eigenvalue weighted by molar-refractivity contribution is 7.46. The van der Waals surface area contributed by atoms with Crippen molar-refractivity contribution in [1.29, 1.82) is 0 Å². The lowest BCUT2D eigenvalue weighted by molar-refractivity contribution is -0.290. The summed E-state index contributed by atoms with van der Waals surface area (Å²) in [5, 5.41) is 37.8. The Hall–Kier alpha value is -0.130. The molecule has 1 rings (SSSR count). The molecular weight excluding hydrogens is 273 g/mol. The van der Waals surface area contributed by atoms with Gasteiger partial charge in [0.15, 0.2) is 6.29 Å². The van der Waals surface area contributed by atoms with Crippen molar-refractivity contribution in [2.45, 2.75) is 36.8 Å². The first kappa shape index (κ1) is 15.9. The van der Waals surface area contributed by atoms with E-state index in [2.05, 4.69) is 4.52 Å². The molecule has 1 heterocycles. The summed E-state index contributed by atoms with van der Waals surface area (Å²) in [7, 11) is -4.97. The maximum absolute atomic E-state index is 10.6. The van der Waals surface area contributed by atoms with Crippen molar-refractivity contribution in [3.8, 4) is 0 Å². The largest absolute Gasteiger partial charge is 0.472 e. The van der Waals surface area contributed by atoms with Gasteiger partial charge in [0.05, 0.1) is 6.10 Å². The highest BCUT2D eigenvalue weighted by Crippen LogP contribution is 2.40. The monoisotopic (exact) mass is 289 g/mol. The van der Waals surface area contributed by atoms with Gasteiger partial charge in [0.25, 0.3) is 0 Å². The van der Waals surface area contributed by atoms with Crippen LogP contribution in [-0.2, 0) is 13.8 Å². The molecule has 1 fully saturated rings. The van der Waals surface area contributed by atoms with Crippen LogP contribution in [0.15, 0.2) is 0 Å². The molecule has 0 amide bonds. The van der Waals surface area contributed by atoms with Crippen LogP contribution in [0.25, 0.3) is 0 Å². The predicted molar refractivity (Wildman–Crippen MR) is 54.9 cm³/mol. The van der Waals surface area contributed by atoms with Crippen LogP contribution in [0.4, 0.5) is 0 Å². The van der Waals surface area contributed by atoms with Crippen LogP contribution in [0.2, 0.25) is 0 Å². The molecule has 8 N–H and O–H groups in total. The van der Waals surface area contributed by atoms with E-state index in [1.807, 2.05) is 0 Å². The second-order valence-corrected chi connectivity index (χ2v) is 5.03. The quantitative estimate of drug-likeness (QED) is 0.253. The fourth-order valence-electron chi connectivity index (χ4n) is 1.55. The molecule has 0 spiro atoms. The van der Waals surface area contributed by atoms with Crippen molar-refractivity contribution in [1.82, 2.24) is 0 Å². The maximum atomic E-state index is 10.6. The van der Waals surface area contributed by atoms with Gasteiger partial charge < -0.3 is 40.7 Å². The SMILES string of the molecule is NC[C@@H](O)C1O[C@@H](OP(=O)(O)O)C(O)[C@@H](O)[C@@H]1O. The number of phosphoric acid groups is 1. The minimum absolute atomic E-state index is 0.326. The third kappa shape index (κ3) is 3.68. The van der Waals surface area contributed by atoms with Crippen LogP contribution in [-0.4, -0.2) is 73.6 Å². The molecule has 0 aromatic heterocycles. The Morgan fingerprint density at radius 2 is 1.78 bits per heavy atom. The van der Waals surface area contributed by atoms with Gasteiger partial charge in [0.1, 0.15) is 24.4 Å². The van der Waals surface area contributed by atoms with Gasteiger partial charge in [-0.25, -0.2) is 4.57 Å². The van der Waals surface area contributed by atoms with Gasteiger partial charge in [-0.2, -0.15) is 0 Å². The summed E-state index contributed by atoms with van der Waals surface area (Å²) in [6.45, 7) is -0.326. The molecule has 6 atom stereocenters. The Balaban J connectivity index is 2.84. The number of nitrogens with two attached hydrogens (primary N) is 1. The molecule has 0 aromatic carbocycles. The van der Waals surface area contributed by atoms with Crippen molar-refractivity contribution in [3.05, 3.63) is 0 Å². The Morgan fingerprint density at radius 3 is 2.22 bits per heavy atom. The van der Waals surface area contributed by atoms with Crippen molar-refractivity contribution < 1.29 is 44.0 Å². The summed E-state index contributed by atoms with van der Waals surface area (Å²) in [5.74, 6) is 0. The third-order valence-electron chi connectivity index (χ3n) is 2.47. The van der Waals surface area contributed by atoms with E-state index in [9.17, 15) is 25.0 Å². The van der Waals surface area contributed by atoms with Crippen LogP contribution in [0.1, 0.15) is 0 Å². The zero-order valence-electron chi connectivity index (χ0n) is 9.10. The van der Waals surface area contributed by atoms with E-state index in [-0.39, 0.29) is 6.54 Å². The lowest BCUT2D eigenvalue weighted by Crippen LogP contribution is -2.61. The minimum atomic E-state index is -4.97. The zero-order chi connectivity index (χ0) is 14.1. The van der Waals surface area contributed by atoms with Crippen molar-refractivity contribution >= 4 is 7.82 Å². The standard InChI is InChI=1S/C7H16NO9P/c8-1-2(9)6-4(11)3(10)5(12)7(16-6)17-18(13,14)15/h2-7,9-12H,1,8H2,(H2,13,14,15)/t2-,3+,4+,5?,6?,7+/m1/s1. The Kier molecular flexibility index (Phi) is 5.21. The van der Waals surface area contributed by atoms with E-state index in [1.54, 1.807) is 0 Å². The van der Waals surface area contributed by atoms with E-state index in [4.69, 9.17) is 20.3 Å². The zero-order valence-corrected chi connectivity index (χ0v) is 10.00. The molecule has 108 valence electrons. The molecule has 2 unspecified atom stereocenters. The first-order chi connectivity index (χ1) is 8.17. The number of phosphoric ester groups is 1. The predicted octanol–water partition coefficient (Wildman–Crippen LogP) is -3.78. The Morgan fingerprint density at radius 1 is 1.22 bits per heavy atom. The second-order valence-electron chi connectivity index (χ2n) is 3.84. The van der Waals surface area contributed by atoms with E-state index >= 15 is 0 Å². The lowest BCUT2D eigenvalue weighted by atomic mass is 9.95. The summed E-state index contributed by atoms with van der Waals surface area (Å²) in [6.07, 6.45) is -10.1. The molecular formula is C7H16NO9P. The Bertz CT molecular complexity index is 322. The number of hydrogen-bond donors (Lipinski definition) is 7. The molecule has 18 heavy (non-hydrogen) atoms. The second kappa shape index (κ2) is 5.88. The fourth-order valence-corrected chi connectivity index (χ4v) is 1.99. The lowest BCUT2D eigenvalue weighted by Gasteiger charge is -2.41. The van der Waals surface area contributed by atoms with E-state index in [0.717, 1.165) is 0 Å². The number of rotatable bonds is 4.